The van der Waals surface area contributed by atoms with Crippen LogP contribution in [0.1, 0.15) is 5.56 Å². The van der Waals surface area contributed by atoms with E-state index in [1.165, 1.54) is 12.1 Å². The zero-order valence-electron chi connectivity index (χ0n) is 10.0. The van der Waals surface area contributed by atoms with Crippen molar-refractivity contribution in [1.82, 2.24) is 0 Å². The fraction of sp³-hybridized carbons (Fsp3) is 0.0769. The predicted molar refractivity (Wildman–Crippen MR) is 78.4 cm³/mol. The Hall–Kier alpha value is -1.23. The summed E-state index contributed by atoms with van der Waals surface area (Å²) in [7, 11) is -3.69. The number of sulfonamides is 1. The van der Waals surface area contributed by atoms with Gasteiger partial charge in [-0.15, -0.1) is 0 Å². The molecule has 100 valence electrons. The van der Waals surface area contributed by atoms with Crippen molar-refractivity contribution < 1.29 is 8.42 Å². The third kappa shape index (κ3) is 3.41. The summed E-state index contributed by atoms with van der Waals surface area (Å²) in [5, 5.41) is 0.712. The third-order valence-corrected chi connectivity index (χ3v) is 4.39. The van der Waals surface area contributed by atoms with Crippen molar-refractivity contribution in [1.29, 1.82) is 0 Å². The molecule has 0 amide bonds. The first-order chi connectivity index (χ1) is 8.88. The first-order valence-corrected chi connectivity index (χ1v) is 7.67. The molecule has 6 heteroatoms. The Bertz CT molecular complexity index is 714. The number of hydrogen-bond donors (Lipinski definition) is 1. The lowest BCUT2D eigenvalue weighted by molar-refractivity contribution is 0.601. The van der Waals surface area contributed by atoms with Gasteiger partial charge < -0.3 is 0 Å². The zero-order chi connectivity index (χ0) is 14.0. The molecule has 0 radical (unpaired) electrons. The van der Waals surface area contributed by atoms with Crippen LogP contribution in [-0.4, -0.2) is 8.42 Å². The summed E-state index contributed by atoms with van der Waals surface area (Å²) in [6, 6.07) is 11.1. The molecule has 2 aromatic rings. The molecule has 1 N–H and O–H groups in total. The molecular weight excluding hydrogens is 305 g/mol. The number of rotatable bonds is 3. The van der Waals surface area contributed by atoms with Crippen molar-refractivity contribution in [2.45, 2.75) is 11.8 Å². The third-order valence-electron chi connectivity index (χ3n) is 2.48. The Labute approximate surface area is 122 Å². The van der Waals surface area contributed by atoms with Crippen molar-refractivity contribution in [2.75, 3.05) is 4.72 Å². The Morgan fingerprint density at radius 1 is 1.05 bits per heavy atom. The SMILES string of the molecule is Cc1ccc(NS(=O)(=O)c2cccc(Cl)c2)c(Cl)c1. The Morgan fingerprint density at radius 3 is 2.42 bits per heavy atom. The minimum Gasteiger partial charge on any atom is -0.278 e. The van der Waals surface area contributed by atoms with Crippen molar-refractivity contribution in [2.24, 2.45) is 0 Å². The van der Waals surface area contributed by atoms with Crippen molar-refractivity contribution >= 4 is 38.9 Å². The molecule has 0 bridgehead atoms. The second-order valence-electron chi connectivity index (χ2n) is 4.05. The van der Waals surface area contributed by atoms with Gasteiger partial charge in [-0.2, -0.15) is 0 Å². The Balaban J connectivity index is 2.36. The molecule has 0 aromatic heterocycles. The van der Waals surface area contributed by atoms with E-state index in [-0.39, 0.29) is 4.90 Å². The number of hydrogen-bond acceptors (Lipinski definition) is 2. The summed E-state index contributed by atoms with van der Waals surface area (Å²) in [5.41, 5.74) is 1.29. The highest BCUT2D eigenvalue weighted by atomic mass is 35.5. The maximum atomic E-state index is 12.2. The van der Waals surface area contributed by atoms with Gasteiger partial charge in [0.25, 0.3) is 10.0 Å². The van der Waals surface area contributed by atoms with Crippen LogP contribution in [0.5, 0.6) is 0 Å². The summed E-state index contributed by atoms with van der Waals surface area (Å²) in [4.78, 5) is 0.0941. The molecule has 0 aliphatic rings. The van der Waals surface area contributed by atoms with Gasteiger partial charge in [0, 0.05) is 5.02 Å². The van der Waals surface area contributed by atoms with Crippen LogP contribution in [0.2, 0.25) is 10.0 Å². The quantitative estimate of drug-likeness (QED) is 0.926. The van der Waals surface area contributed by atoms with Crippen LogP contribution in [0, 0.1) is 6.92 Å². The van der Waals surface area contributed by atoms with Gasteiger partial charge in [-0.1, -0.05) is 35.3 Å². The number of halogens is 2. The van der Waals surface area contributed by atoms with Crippen LogP contribution in [-0.2, 0) is 10.0 Å². The summed E-state index contributed by atoms with van der Waals surface area (Å²) in [6.07, 6.45) is 0. The van der Waals surface area contributed by atoms with Gasteiger partial charge in [-0.3, -0.25) is 4.72 Å². The van der Waals surface area contributed by atoms with Gasteiger partial charge in [-0.05, 0) is 42.8 Å². The van der Waals surface area contributed by atoms with E-state index in [1.54, 1.807) is 30.3 Å². The minimum absolute atomic E-state index is 0.0941. The minimum atomic E-state index is -3.69. The number of nitrogens with one attached hydrogen (secondary N) is 1. The predicted octanol–water partition coefficient (Wildman–Crippen LogP) is 4.10. The topological polar surface area (TPSA) is 46.2 Å². The summed E-state index contributed by atoms with van der Waals surface area (Å²) < 4.78 is 26.8. The smallest absolute Gasteiger partial charge is 0.261 e. The molecule has 0 atom stereocenters. The molecule has 0 aliphatic carbocycles. The first kappa shape index (κ1) is 14.2. The molecule has 3 nitrogen and oxygen atoms in total. The fourth-order valence-corrected chi connectivity index (χ4v) is 3.26. The van der Waals surface area contributed by atoms with E-state index in [9.17, 15) is 8.42 Å². The highest BCUT2D eigenvalue weighted by Gasteiger charge is 2.15. The molecular formula is C13H11Cl2NO2S. The first-order valence-electron chi connectivity index (χ1n) is 5.43. The number of anilines is 1. The summed E-state index contributed by atoms with van der Waals surface area (Å²) in [5.74, 6) is 0. The molecule has 0 unspecified atom stereocenters. The lowest BCUT2D eigenvalue weighted by Crippen LogP contribution is -2.13. The van der Waals surface area contributed by atoms with Gasteiger partial charge in [0.1, 0.15) is 0 Å². The van der Waals surface area contributed by atoms with E-state index in [4.69, 9.17) is 23.2 Å². The van der Waals surface area contributed by atoms with E-state index < -0.39 is 10.0 Å². The lowest BCUT2D eigenvalue weighted by Gasteiger charge is -2.10. The van der Waals surface area contributed by atoms with Gasteiger partial charge in [0.15, 0.2) is 0 Å². The average Bonchev–Trinajstić information content (AvgIpc) is 2.33. The molecule has 0 aliphatic heterocycles. The molecule has 2 rings (SSSR count). The Kier molecular flexibility index (Phi) is 4.04. The van der Waals surface area contributed by atoms with Gasteiger partial charge in [0.05, 0.1) is 15.6 Å². The number of benzene rings is 2. The molecule has 0 saturated carbocycles. The van der Waals surface area contributed by atoms with Gasteiger partial charge in [0.2, 0.25) is 0 Å². The van der Waals surface area contributed by atoms with E-state index >= 15 is 0 Å². The summed E-state index contributed by atoms with van der Waals surface area (Å²) >= 11 is 11.8. The van der Waals surface area contributed by atoms with Crippen molar-refractivity contribution in [3.05, 3.63) is 58.1 Å². The van der Waals surface area contributed by atoms with Crippen LogP contribution in [0.4, 0.5) is 5.69 Å². The van der Waals surface area contributed by atoms with Crippen LogP contribution < -0.4 is 4.72 Å². The molecule has 0 fully saturated rings. The van der Waals surface area contributed by atoms with Gasteiger partial charge >= 0.3 is 0 Å². The maximum absolute atomic E-state index is 12.2. The van der Waals surface area contributed by atoms with E-state index in [2.05, 4.69) is 4.72 Å². The molecule has 0 heterocycles. The molecule has 0 spiro atoms. The lowest BCUT2D eigenvalue weighted by atomic mass is 10.2. The monoisotopic (exact) mass is 315 g/mol. The largest absolute Gasteiger partial charge is 0.278 e. The second-order valence-corrected chi connectivity index (χ2v) is 6.57. The van der Waals surface area contributed by atoms with Crippen LogP contribution in [0.25, 0.3) is 0 Å². The van der Waals surface area contributed by atoms with E-state index in [1.807, 2.05) is 6.92 Å². The second kappa shape index (κ2) is 5.41. The number of aryl methyl sites for hydroxylation is 1. The van der Waals surface area contributed by atoms with Crippen molar-refractivity contribution in [3.63, 3.8) is 0 Å². The van der Waals surface area contributed by atoms with Crippen LogP contribution in [0.15, 0.2) is 47.4 Å². The molecule has 19 heavy (non-hydrogen) atoms. The van der Waals surface area contributed by atoms with E-state index in [0.29, 0.717) is 15.7 Å². The van der Waals surface area contributed by atoms with Crippen molar-refractivity contribution in [3.8, 4) is 0 Å². The normalized spacial score (nSPS) is 11.3. The standard InChI is InChI=1S/C13H11Cl2NO2S/c1-9-5-6-13(12(15)7-9)16-19(17,18)11-4-2-3-10(14)8-11/h2-8,16H,1H3. The average molecular weight is 316 g/mol. The fourth-order valence-electron chi connectivity index (χ4n) is 1.54. The van der Waals surface area contributed by atoms with Gasteiger partial charge in [-0.25, -0.2) is 8.42 Å². The van der Waals surface area contributed by atoms with E-state index in [0.717, 1.165) is 5.56 Å². The highest BCUT2D eigenvalue weighted by Crippen LogP contribution is 2.26. The zero-order valence-corrected chi connectivity index (χ0v) is 12.4. The van der Waals surface area contributed by atoms with Crippen LogP contribution >= 0.6 is 23.2 Å². The molecule has 2 aromatic carbocycles. The highest BCUT2D eigenvalue weighted by molar-refractivity contribution is 7.92. The maximum Gasteiger partial charge on any atom is 0.261 e. The summed E-state index contributed by atoms with van der Waals surface area (Å²) in [6.45, 7) is 1.88. The Morgan fingerprint density at radius 2 is 1.79 bits per heavy atom. The van der Waals surface area contributed by atoms with Crippen LogP contribution in [0.3, 0.4) is 0 Å². The molecule has 0 saturated heterocycles.